The Morgan fingerprint density at radius 3 is 2.82 bits per heavy atom. The van der Waals surface area contributed by atoms with Crippen LogP contribution < -0.4 is 5.32 Å². The van der Waals surface area contributed by atoms with Crippen LogP contribution in [0.25, 0.3) is 0 Å². The largest absolute Gasteiger partial charge is 0.316 e. The van der Waals surface area contributed by atoms with E-state index >= 15 is 0 Å². The van der Waals surface area contributed by atoms with Crippen molar-refractivity contribution in [2.75, 3.05) is 13.1 Å². The molecule has 11 heavy (non-hydrogen) atoms. The van der Waals surface area contributed by atoms with Gasteiger partial charge in [0, 0.05) is 6.54 Å². The highest BCUT2D eigenvalue weighted by molar-refractivity contribution is 5.09. The SMILES string of the molecule is C=CC1CNCC1C1C=CC1. The molecule has 0 aromatic rings. The summed E-state index contributed by atoms with van der Waals surface area (Å²) in [6.45, 7) is 6.19. The van der Waals surface area contributed by atoms with Gasteiger partial charge in [-0.2, -0.15) is 0 Å². The third-order valence-electron chi connectivity index (χ3n) is 2.95. The Hall–Kier alpha value is -0.560. The van der Waals surface area contributed by atoms with E-state index in [9.17, 15) is 0 Å². The minimum Gasteiger partial charge on any atom is -0.316 e. The van der Waals surface area contributed by atoms with Crippen LogP contribution in [0.15, 0.2) is 24.8 Å². The minimum absolute atomic E-state index is 0.713. The number of hydrogen-bond acceptors (Lipinski definition) is 1. The summed E-state index contributed by atoms with van der Waals surface area (Å²) in [6.07, 6.45) is 8.00. The van der Waals surface area contributed by atoms with E-state index in [0.717, 1.165) is 18.4 Å². The Kier molecular flexibility index (Phi) is 1.82. The van der Waals surface area contributed by atoms with Gasteiger partial charge in [0.25, 0.3) is 0 Å². The quantitative estimate of drug-likeness (QED) is 0.588. The molecule has 0 aromatic heterocycles. The van der Waals surface area contributed by atoms with Crippen molar-refractivity contribution in [3.05, 3.63) is 24.8 Å². The third-order valence-corrected chi connectivity index (χ3v) is 2.95. The molecule has 3 atom stereocenters. The molecule has 0 amide bonds. The van der Waals surface area contributed by atoms with Crippen molar-refractivity contribution in [2.45, 2.75) is 6.42 Å². The average molecular weight is 149 g/mol. The smallest absolute Gasteiger partial charge is 0.00176 e. The molecule has 0 spiro atoms. The van der Waals surface area contributed by atoms with E-state index in [1.807, 2.05) is 0 Å². The van der Waals surface area contributed by atoms with Gasteiger partial charge in [-0.3, -0.25) is 0 Å². The monoisotopic (exact) mass is 149 g/mol. The van der Waals surface area contributed by atoms with E-state index in [-0.39, 0.29) is 0 Å². The Labute approximate surface area is 68.2 Å². The maximum atomic E-state index is 3.87. The lowest BCUT2D eigenvalue weighted by molar-refractivity contribution is 0.354. The maximum Gasteiger partial charge on any atom is 0.00176 e. The van der Waals surface area contributed by atoms with Crippen molar-refractivity contribution in [1.29, 1.82) is 0 Å². The molecular weight excluding hydrogens is 134 g/mol. The number of rotatable bonds is 2. The lowest BCUT2D eigenvalue weighted by atomic mass is 9.77. The van der Waals surface area contributed by atoms with Gasteiger partial charge in [0.1, 0.15) is 0 Å². The molecule has 2 rings (SSSR count). The molecule has 1 N–H and O–H groups in total. The topological polar surface area (TPSA) is 12.0 Å². The lowest BCUT2D eigenvalue weighted by Gasteiger charge is -2.27. The van der Waals surface area contributed by atoms with Crippen LogP contribution in [-0.4, -0.2) is 13.1 Å². The van der Waals surface area contributed by atoms with Crippen molar-refractivity contribution >= 4 is 0 Å². The van der Waals surface area contributed by atoms with Crippen molar-refractivity contribution in [3.8, 4) is 0 Å². The molecule has 1 fully saturated rings. The molecular formula is C10H15N. The van der Waals surface area contributed by atoms with Gasteiger partial charge in [-0.1, -0.05) is 18.2 Å². The molecule has 1 nitrogen and oxygen atoms in total. The maximum absolute atomic E-state index is 3.87. The highest BCUT2D eigenvalue weighted by Gasteiger charge is 2.31. The van der Waals surface area contributed by atoms with Crippen LogP contribution in [0.1, 0.15) is 6.42 Å². The van der Waals surface area contributed by atoms with Gasteiger partial charge < -0.3 is 5.32 Å². The zero-order chi connectivity index (χ0) is 7.68. The van der Waals surface area contributed by atoms with E-state index in [1.165, 1.54) is 13.0 Å². The highest BCUT2D eigenvalue weighted by Crippen LogP contribution is 2.33. The molecule has 1 heteroatoms. The van der Waals surface area contributed by atoms with E-state index in [4.69, 9.17) is 0 Å². The fraction of sp³-hybridized carbons (Fsp3) is 0.600. The van der Waals surface area contributed by atoms with Gasteiger partial charge in [-0.25, -0.2) is 0 Å². The molecule has 1 heterocycles. The van der Waals surface area contributed by atoms with Crippen LogP contribution in [0.5, 0.6) is 0 Å². The fourth-order valence-corrected chi connectivity index (χ4v) is 2.06. The normalized spacial score (nSPS) is 42.0. The first-order valence-corrected chi connectivity index (χ1v) is 4.42. The van der Waals surface area contributed by atoms with Gasteiger partial charge in [0.05, 0.1) is 0 Å². The minimum atomic E-state index is 0.713. The first-order valence-electron chi connectivity index (χ1n) is 4.42. The molecule has 0 aromatic carbocycles. The molecule has 0 saturated carbocycles. The summed E-state index contributed by atoms with van der Waals surface area (Å²) in [5.74, 6) is 2.38. The van der Waals surface area contributed by atoms with Crippen LogP contribution in [0, 0.1) is 17.8 Å². The number of allylic oxidation sites excluding steroid dienone is 2. The van der Waals surface area contributed by atoms with E-state index in [0.29, 0.717) is 5.92 Å². The Balaban J connectivity index is 2.00. The fourth-order valence-electron chi connectivity index (χ4n) is 2.06. The average Bonchev–Trinajstić information content (AvgIpc) is 2.32. The molecule has 60 valence electrons. The first kappa shape index (κ1) is 7.11. The van der Waals surface area contributed by atoms with Gasteiger partial charge in [-0.15, -0.1) is 6.58 Å². The van der Waals surface area contributed by atoms with E-state index in [2.05, 4.69) is 30.1 Å². The van der Waals surface area contributed by atoms with E-state index < -0.39 is 0 Å². The lowest BCUT2D eigenvalue weighted by Crippen LogP contribution is -2.23. The van der Waals surface area contributed by atoms with Crippen molar-refractivity contribution in [2.24, 2.45) is 17.8 Å². The summed E-state index contributed by atoms with van der Waals surface area (Å²) < 4.78 is 0. The summed E-state index contributed by atoms with van der Waals surface area (Å²) >= 11 is 0. The summed E-state index contributed by atoms with van der Waals surface area (Å²) in [5, 5.41) is 3.42. The molecule has 0 bridgehead atoms. The van der Waals surface area contributed by atoms with Crippen molar-refractivity contribution in [3.63, 3.8) is 0 Å². The Bertz CT molecular complexity index is 183. The zero-order valence-electron chi connectivity index (χ0n) is 6.79. The van der Waals surface area contributed by atoms with Crippen molar-refractivity contribution in [1.82, 2.24) is 5.32 Å². The summed E-state index contributed by atoms with van der Waals surface area (Å²) in [4.78, 5) is 0. The third kappa shape index (κ3) is 1.14. The molecule has 3 unspecified atom stereocenters. The number of hydrogen-bond donors (Lipinski definition) is 1. The van der Waals surface area contributed by atoms with Gasteiger partial charge in [0.15, 0.2) is 0 Å². The summed E-state index contributed by atoms with van der Waals surface area (Å²) in [5.41, 5.74) is 0. The standard InChI is InChI=1S/C10H15N/c1-2-8-6-11-7-10(8)9-4-3-5-9/h2-4,8-11H,1,5-7H2. The Morgan fingerprint density at radius 2 is 2.27 bits per heavy atom. The van der Waals surface area contributed by atoms with Crippen LogP contribution in [-0.2, 0) is 0 Å². The molecule has 0 radical (unpaired) electrons. The number of nitrogens with one attached hydrogen (secondary N) is 1. The molecule has 2 aliphatic rings. The highest BCUT2D eigenvalue weighted by atomic mass is 14.9. The molecule has 1 aliphatic heterocycles. The van der Waals surface area contributed by atoms with E-state index in [1.54, 1.807) is 0 Å². The summed E-state index contributed by atoms with van der Waals surface area (Å²) in [7, 11) is 0. The second-order valence-corrected chi connectivity index (χ2v) is 3.55. The zero-order valence-corrected chi connectivity index (χ0v) is 6.79. The van der Waals surface area contributed by atoms with Crippen LogP contribution in [0.4, 0.5) is 0 Å². The van der Waals surface area contributed by atoms with Crippen LogP contribution in [0.3, 0.4) is 0 Å². The molecule has 1 saturated heterocycles. The van der Waals surface area contributed by atoms with Gasteiger partial charge >= 0.3 is 0 Å². The molecule has 1 aliphatic carbocycles. The van der Waals surface area contributed by atoms with Crippen molar-refractivity contribution < 1.29 is 0 Å². The van der Waals surface area contributed by atoms with Crippen LogP contribution in [0.2, 0.25) is 0 Å². The predicted molar refractivity (Wildman–Crippen MR) is 47.3 cm³/mol. The second-order valence-electron chi connectivity index (χ2n) is 3.55. The second kappa shape index (κ2) is 2.82. The first-order chi connectivity index (χ1) is 5.42. The predicted octanol–water partition coefficient (Wildman–Crippen LogP) is 1.58. The van der Waals surface area contributed by atoms with Gasteiger partial charge in [-0.05, 0) is 30.7 Å². The Morgan fingerprint density at radius 1 is 1.45 bits per heavy atom. The summed E-state index contributed by atoms with van der Waals surface area (Å²) in [6, 6.07) is 0. The van der Waals surface area contributed by atoms with Gasteiger partial charge in [0.2, 0.25) is 0 Å². The van der Waals surface area contributed by atoms with Crippen LogP contribution >= 0.6 is 0 Å².